The van der Waals surface area contributed by atoms with Crippen LogP contribution < -0.4 is 10.5 Å². The molecule has 0 saturated carbocycles. The molecule has 33 heavy (non-hydrogen) atoms. The van der Waals surface area contributed by atoms with Crippen molar-refractivity contribution >= 4 is 27.0 Å². The van der Waals surface area contributed by atoms with E-state index in [-0.39, 0.29) is 17.5 Å². The normalized spacial score (nSPS) is 13.8. The van der Waals surface area contributed by atoms with Crippen LogP contribution in [0.15, 0.2) is 12.1 Å². The predicted molar refractivity (Wildman–Crippen MR) is 127 cm³/mol. The van der Waals surface area contributed by atoms with Crippen molar-refractivity contribution in [2.45, 2.75) is 59.4 Å². The molecule has 10 heteroatoms. The molecule has 0 spiro atoms. The maximum Gasteiger partial charge on any atom is 0.312 e. The molecule has 3 N–H and O–H groups in total. The summed E-state index contributed by atoms with van der Waals surface area (Å²) in [7, 11) is -3.40. The molecule has 0 fully saturated rings. The van der Waals surface area contributed by atoms with Gasteiger partial charge in [-0.2, -0.15) is 14.4 Å². The van der Waals surface area contributed by atoms with Gasteiger partial charge in [-0.3, -0.25) is 0 Å². The summed E-state index contributed by atoms with van der Waals surface area (Å²) in [6.07, 6.45) is 3.29. The smallest absolute Gasteiger partial charge is 0.312 e. The minimum absolute atomic E-state index is 0.0191. The van der Waals surface area contributed by atoms with Gasteiger partial charge in [-0.25, -0.2) is 18.1 Å². The number of nitrogen functional groups attached to an aromatic ring is 1. The number of nitrogens with zero attached hydrogens (tertiary/aromatic N) is 4. The monoisotopic (exact) mass is 474 g/mol. The number of anilines is 1. The average molecular weight is 475 g/mol. The Hall–Kier alpha value is -2.59. The van der Waals surface area contributed by atoms with Crippen LogP contribution in [0.25, 0.3) is 11.2 Å². The summed E-state index contributed by atoms with van der Waals surface area (Å²) in [5, 5.41) is 0. The molecule has 0 saturated heterocycles. The van der Waals surface area contributed by atoms with E-state index in [4.69, 9.17) is 5.73 Å². The Kier molecular flexibility index (Phi) is 6.67. The van der Waals surface area contributed by atoms with E-state index in [2.05, 4.69) is 38.7 Å². The zero-order valence-electron chi connectivity index (χ0n) is 19.4. The number of nitrogens with two attached hydrogens (primary N) is 1. The third-order valence-corrected chi connectivity index (χ3v) is 7.51. The van der Waals surface area contributed by atoms with E-state index in [9.17, 15) is 12.8 Å². The van der Waals surface area contributed by atoms with E-state index in [1.807, 2.05) is 13.8 Å². The van der Waals surface area contributed by atoms with Gasteiger partial charge in [-0.1, -0.05) is 26.0 Å². The standard InChI is InChI=1S/C23H31FN6O2S/c1-14(2)13-26-33(31,32)9-5-8-30-19(27-20-21(25)28-23(24)29-22(20)30)12-18-11-17-7-4-6-16(17)10-15(18)3/h10-11,14,26H,4-9,12-13H2,1-3H3,(H2,25,28,29). The lowest BCUT2D eigenvalue weighted by Gasteiger charge is -2.13. The Morgan fingerprint density at radius 1 is 1.18 bits per heavy atom. The van der Waals surface area contributed by atoms with Crippen molar-refractivity contribution in [3.8, 4) is 0 Å². The van der Waals surface area contributed by atoms with Crippen LogP contribution in [0.5, 0.6) is 0 Å². The molecular formula is C23H31FN6O2S. The zero-order chi connectivity index (χ0) is 23.8. The summed E-state index contributed by atoms with van der Waals surface area (Å²) in [6, 6.07) is 4.47. The fourth-order valence-electron chi connectivity index (χ4n) is 4.35. The fourth-order valence-corrected chi connectivity index (χ4v) is 5.59. The number of benzene rings is 1. The number of imidazole rings is 1. The number of sulfonamides is 1. The van der Waals surface area contributed by atoms with Gasteiger partial charge < -0.3 is 10.3 Å². The Bertz CT molecular complexity index is 1290. The third-order valence-electron chi connectivity index (χ3n) is 6.08. The third kappa shape index (κ3) is 5.33. The number of fused-ring (bicyclic) bond motifs is 2. The van der Waals surface area contributed by atoms with E-state index in [1.54, 1.807) is 4.57 Å². The SMILES string of the molecule is Cc1cc2c(cc1Cc1nc3c(N)nc(F)nc3n1CCCS(=O)(=O)NCC(C)C)CCC2. The van der Waals surface area contributed by atoms with Crippen LogP contribution in [0, 0.1) is 18.9 Å². The van der Waals surface area contributed by atoms with Crippen LogP contribution in [0.3, 0.4) is 0 Å². The second kappa shape index (κ2) is 9.34. The quantitative estimate of drug-likeness (QED) is 0.461. The number of hydrogen-bond donors (Lipinski definition) is 2. The Morgan fingerprint density at radius 2 is 1.91 bits per heavy atom. The summed E-state index contributed by atoms with van der Waals surface area (Å²) in [4.78, 5) is 12.2. The summed E-state index contributed by atoms with van der Waals surface area (Å²) in [5.41, 5.74) is 11.7. The molecule has 178 valence electrons. The van der Waals surface area contributed by atoms with Crippen molar-refractivity contribution < 1.29 is 12.8 Å². The van der Waals surface area contributed by atoms with Crippen LogP contribution >= 0.6 is 0 Å². The van der Waals surface area contributed by atoms with E-state index in [0.717, 1.165) is 18.4 Å². The molecule has 0 atom stereocenters. The molecule has 2 aromatic heterocycles. The van der Waals surface area contributed by atoms with Gasteiger partial charge >= 0.3 is 6.08 Å². The number of aryl methyl sites for hydroxylation is 4. The van der Waals surface area contributed by atoms with Crippen molar-refractivity contribution in [2.24, 2.45) is 5.92 Å². The van der Waals surface area contributed by atoms with Crippen molar-refractivity contribution in [1.29, 1.82) is 0 Å². The molecule has 0 radical (unpaired) electrons. The molecule has 2 heterocycles. The van der Waals surface area contributed by atoms with E-state index >= 15 is 0 Å². The average Bonchev–Trinajstić information content (AvgIpc) is 3.31. The molecular weight excluding hydrogens is 443 g/mol. The van der Waals surface area contributed by atoms with Gasteiger partial charge in [-0.15, -0.1) is 0 Å². The highest BCUT2D eigenvalue weighted by atomic mass is 32.2. The number of aromatic nitrogens is 4. The van der Waals surface area contributed by atoms with Crippen molar-refractivity contribution in [3.63, 3.8) is 0 Å². The van der Waals surface area contributed by atoms with Crippen LogP contribution in [0.1, 0.15) is 54.8 Å². The highest BCUT2D eigenvalue weighted by Gasteiger charge is 2.20. The van der Waals surface area contributed by atoms with Crippen LogP contribution in [-0.2, 0) is 35.8 Å². The summed E-state index contributed by atoms with van der Waals surface area (Å²) in [6.45, 7) is 6.71. The highest BCUT2D eigenvalue weighted by Crippen LogP contribution is 2.28. The van der Waals surface area contributed by atoms with Crippen LogP contribution in [0.4, 0.5) is 10.2 Å². The van der Waals surface area contributed by atoms with Gasteiger partial charge in [0.1, 0.15) is 5.82 Å². The highest BCUT2D eigenvalue weighted by molar-refractivity contribution is 7.89. The maximum atomic E-state index is 14.0. The fraction of sp³-hybridized carbons (Fsp3) is 0.522. The number of halogens is 1. The van der Waals surface area contributed by atoms with Crippen LogP contribution in [-0.4, -0.2) is 40.2 Å². The second-order valence-electron chi connectivity index (χ2n) is 9.22. The van der Waals surface area contributed by atoms with Gasteiger partial charge in [0.15, 0.2) is 17.0 Å². The van der Waals surface area contributed by atoms with Gasteiger partial charge in [0.05, 0.1) is 5.75 Å². The number of nitrogens with one attached hydrogen (secondary N) is 1. The summed E-state index contributed by atoms with van der Waals surface area (Å²) < 4.78 is 43.0. The molecule has 1 aromatic carbocycles. The first kappa shape index (κ1) is 23.6. The predicted octanol–water partition coefficient (Wildman–Crippen LogP) is 2.90. The topological polar surface area (TPSA) is 116 Å². The van der Waals surface area contributed by atoms with Gasteiger partial charge in [-0.05, 0) is 60.8 Å². The van der Waals surface area contributed by atoms with E-state index in [1.165, 1.54) is 23.1 Å². The lowest BCUT2D eigenvalue weighted by atomic mass is 9.98. The molecule has 0 unspecified atom stereocenters. The maximum absolute atomic E-state index is 14.0. The first-order chi connectivity index (χ1) is 15.6. The second-order valence-corrected chi connectivity index (χ2v) is 11.1. The summed E-state index contributed by atoms with van der Waals surface area (Å²) >= 11 is 0. The van der Waals surface area contributed by atoms with E-state index < -0.39 is 16.1 Å². The molecule has 1 aliphatic rings. The lowest BCUT2D eigenvalue weighted by Crippen LogP contribution is -2.30. The molecule has 0 aliphatic heterocycles. The molecule has 0 amide bonds. The van der Waals surface area contributed by atoms with Gasteiger partial charge in [0.25, 0.3) is 0 Å². The molecule has 1 aliphatic carbocycles. The molecule has 0 bridgehead atoms. The number of hydrogen-bond acceptors (Lipinski definition) is 6. The molecule has 8 nitrogen and oxygen atoms in total. The first-order valence-corrected chi connectivity index (χ1v) is 13.0. The molecule has 3 aromatic rings. The van der Waals surface area contributed by atoms with Gasteiger partial charge in [0.2, 0.25) is 10.0 Å². The molecule has 4 rings (SSSR count). The van der Waals surface area contributed by atoms with Crippen LogP contribution in [0.2, 0.25) is 0 Å². The summed E-state index contributed by atoms with van der Waals surface area (Å²) in [5.74, 6) is 0.835. The Morgan fingerprint density at radius 3 is 2.64 bits per heavy atom. The minimum Gasteiger partial charge on any atom is -0.382 e. The number of rotatable bonds is 9. The Balaban J connectivity index is 1.63. The van der Waals surface area contributed by atoms with E-state index in [0.29, 0.717) is 42.9 Å². The zero-order valence-corrected chi connectivity index (χ0v) is 20.2. The lowest BCUT2D eigenvalue weighted by molar-refractivity contribution is 0.539. The van der Waals surface area contributed by atoms with Crippen molar-refractivity contribution in [2.75, 3.05) is 18.0 Å². The minimum atomic E-state index is -3.40. The van der Waals surface area contributed by atoms with Crippen molar-refractivity contribution in [1.82, 2.24) is 24.2 Å². The van der Waals surface area contributed by atoms with Crippen molar-refractivity contribution in [3.05, 3.63) is 46.3 Å². The Labute approximate surface area is 193 Å². The van der Waals surface area contributed by atoms with Gasteiger partial charge in [0, 0.05) is 19.5 Å². The largest absolute Gasteiger partial charge is 0.382 e. The first-order valence-electron chi connectivity index (χ1n) is 11.4.